The summed E-state index contributed by atoms with van der Waals surface area (Å²) in [4.78, 5) is 15.1. The van der Waals surface area contributed by atoms with Gasteiger partial charge in [-0.15, -0.1) is 0 Å². The molecule has 3 aromatic rings. The normalized spacial score (nSPS) is 13.1. The van der Waals surface area contributed by atoms with Gasteiger partial charge in [0.2, 0.25) is 0 Å². The number of nitriles is 2. The Morgan fingerprint density at radius 3 is 2.68 bits per heavy atom. The number of aromatic nitrogens is 1. The van der Waals surface area contributed by atoms with Crippen LogP contribution in [0.25, 0.3) is 17.0 Å². The Labute approximate surface area is 164 Å². The van der Waals surface area contributed by atoms with Crippen molar-refractivity contribution in [1.82, 2.24) is 4.98 Å². The van der Waals surface area contributed by atoms with Gasteiger partial charge in [-0.1, -0.05) is 43.3 Å². The summed E-state index contributed by atoms with van der Waals surface area (Å²) in [6, 6.07) is 20.0. The average Bonchev–Trinajstić information content (AvgIpc) is 2.71. The molecule has 0 bridgehead atoms. The van der Waals surface area contributed by atoms with E-state index in [1.807, 2.05) is 68.4 Å². The second-order valence-corrected chi connectivity index (χ2v) is 7.11. The number of rotatable bonds is 5. The summed E-state index contributed by atoms with van der Waals surface area (Å²) >= 11 is 0. The first-order chi connectivity index (χ1) is 13.5. The van der Waals surface area contributed by atoms with Gasteiger partial charge < -0.3 is 4.98 Å². The minimum absolute atomic E-state index is 0.0807. The molecule has 2 aromatic carbocycles. The van der Waals surface area contributed by atoms with Crippen molar-refractivity contribution >= 4 is 17.0 Å². The molecule has 4 heteroatoms. The molecule has 4 nitrogen and oxygen atoms in total. The maximum absolute atomic E-state index is 12.2. The summed E-state index contributed by atoms with van der Waals surface area (Å²) in [6.07, 6.45) is 4.40. The molecule has 0 spiro atoms. The molecule has 1 aromatic heterocycles. The number of aromatic amines is 1. The highest BCUT2D eigenvalue weighted by atomic mass is 16.1. The van der Waals surface area contributed by atoms with Gasteiger partial charge in [-0.25, -0.2) is 0 Å². The number of hydrogen-bond donors (Lipinski definition) is 1. The Kier molecular flexibility index (Phi) is 5.43. The Balaban J connectivity index is 2.00. The van der Waals surface area contributed by atoms with Gasteiger partial charge in [-0.3, -0.25) is 4.79 Å². The van der Waals surface area contributed by atoms with Crippen molar-refractivity contribution in [1.29, 1.82) is 10.5 Å². The highest BCUT2D eigenvalue weighted by Gasteiger charge is 2.27. The molecule has 0 aliphatic carbocycles. The lowest BCUT2D eigenvalue weighted by Crippen LogP contribution is -2.23. The van der Waals surface area contributed by atoms with E-state index in [4.69, 9.17) is 5.26 Å². The molecule has 138 valence electrons. The monoisotopic (exact) mass is 367 g/mol. The van der Waals surface area contributed by atoms with Crippen molar-refractivity contribution in [2.75, 3.05) is 0 Å². The van der Waals surface area contributed by atoms with E-state index in [9.17, 15) is 10.1 Å². The summed E-state index contributed by atoms with van der Waals surface area (Å²) in [6.45, 7) is 3.86. The van der Waals surface area contributed by atoms with Crippen LogP contribution in [0.15, 0.2) is 59.4 Å². The van der Waals surface area contributed by atoms with Gasteiger partial charge in [0.1, 0.15) is 0 Å². The topological polar surface area (TPSA) is 80.4 Å². The van der Waals surface area contributed by atoms with E-state index in [0.29, 0.717) is 12.8 Å². The molecule has 0 saturated carbocycles. The van der Waals surface area contributed by atoms with Crippen LogP contribution >= 0.6 is 0 Å². The Bertz CT molecular complexity index is 1190. The van der Waals surface area contributed by atoms with E-state index in [-0.39, 0.29) is 5.56 Å². The van der Waals surface area contributed by atoms with Gasteiger partial charge in [0, 0.05) is 17.2 Å². The van der Waals surface area contributed by atoms with Gasteiger partial charge in [-0.2, -0.15) is 10.5 Å². The largest absolute Gasteiger partial charge is 0.322 e. The molecular weight excluding hydrogens is 346 g/mol. The fourth-order valence-corrected chi connectivity index (χ4v) is 3.41. The molecule has 0 aliphatic heterocycles. The zero-order valence-electron chi connectivity index (χ0n) is 16.0. The zero-order valence-corrected chi connectivity index (χ0v) is 16.0. The summed E-state index contributed by atoms with van der Waals surface area (Å²) in [5.74, 6) is 0. The van der Waals surface area contributed by atoms with Crippen molar-refractivity contribution in [3.63, 3.8) is 0 Å². The fourth-order valence-electron chi connectivity index (χ4n) is 3.41. The highest BCUT2D eigenvalue weighted by molar-refractivity contribution is 5.80. The summed E-state index contributed by atoms with van der Waals surface area (Å²) in [5.41, 5.74) is 3.47. The van der Waals surface area contributed by atoms with Crippen LogP contribution in [-0.2, 0) is 18.3 Å². The van der Waals surface area contributed by atoms with Crippen LogP contribution in [0.3, 0.4) is 0 Å². The van der Waals surface area contributed by atoms with E-state index in [1.54, 1.807) is 6.08 Å². The van der Waals surface area contributed by atoms with Crippen molar-refractivity contribution in [3.05, 3.63) is 87.2 Å². The Morgan fingerprint density at radius 1 is 1.14 bits per heavy atom. The Hall–Kier alpha value is -3.63. The quantitative estimate of drug-likeness (QED) is 0.667. The number of allylic oxidation sites excluding steroid dienone is 1. The Morgan fingerprint density at radius 2 is 1.96 bits per heavy atom. The van der Waals surface area contributed by atoms with Crippen LogP contribution < -0.4 is 5.56 Å². The van der Waals surface area contributed by atoms with Gasteiger partial charge in [0.15, 0.2) is 0 Å². The van der Waals surface area contributed by atoms with Crippen molar-refractivity contribution in [3.8, 4) is 12.1 Å². The van der Waals surface area contributed by atoms with Gasteiger partial charge in [0.25, 0.3) is 5.56 Å². The lowest BCUT2D eigenvalue weighted by atomic mass is 9.78. The molecular formula is C24H21N3O. The van der Waals surface area contributed by atoms with E-state index in [0.717, 1.165) is 33.2 Å². The number of nitrogens with zero attached hydrogens (tertiary/aromatic N) is 2. The van der Waals surface area contributed by atoms with Gasteiger partial charge in [0.05, 0.1) is 17.6 Å². The van der Waals surface area contributed by atoms with Crippen LogP contribution in [0.2, 0.25) is 0 Å². The molecule has 0 saturated heterocycles. The van der Waals surface area contributed by atoms with Crippen LogP contribution in [0, 0.1) is 22.7 Å². The lowest BCUT2D eigenvalue weighted by molar-refractivity contribution is 0.607. The first kappa shape index (κ1) is 19.1. The van der Waals surface area contributed by atoms with Crippen LogP contribution in [0.5, 0.6) is 0 Å². The number of pyridine rings is 1. The highest BCUT2D eigenvalue weighted by Crippen LogP contribution is 2.30. The molecule has 3 rings (SSSR count). The minimum Gasteiger partial charge on any atom is -0.322 e. The zero-order chi connectivity index (χ0) is 20.1. The number of H-pyrrole nitrogens is 1. The first-order valence-corrected chi connectivity index (χ1v) is 9.22. The van der Waals surface area contributed by atoms with E-state index in [1.165, 1.54) is 6.08 Å². The molecule has 1 N–H and O–H groups in total. The summed E-state index contributed by atoms with van der Waals surface area (Å²) in [5, 5.41) is 19.6. The number of fused-ring (bicyclic) bond motifs is 1. The van der Waals surface area contributed by atoms with E-state index < -0.39 is 5.41 Å². The summed E-state index contributed by atoms with van der Waals surface area (Å²) < 4.78 is 0. The maximum atomic E-state index is 12.2. The lowest BCUT2D eigenvalue weighted by Gasteiger charge is -2.23. The number of aryl methyl sites for hydroxylation is 1. The third-order valence-corrected chi connectivity index (χ3v) is 5.05. The van der Waals surface area contributed by atoms with Crippen molar-refractivity contribution in [2.45, 2.75) is 32.1 Å². The molecule has 0 amide bonds. The SMILES string of the molecule is CCc1cc2ccc(C(C)(C#N)Cc3cccc(/C=C/C#N)c3)cc2[nH]c1=O. The van der Waals surface area contributed by atoms with Crippen LogP contribution in [0.4, 0.5) is 0 Å². The van der Waals surface area contributed by atoms with Gasteiger partial charge in [-0.05, 0) is 60.1 Å². The molecule has 1 heterocycles. The predicted molar refractivity (Wildman–Crippen MR) is 112 cm³/mol. The van der Waals surface area contributed by atoms with Crippen molar-refractivity contribution in [2.24, 2.45) is 0 Å². The minimum atomic E-state index is -0.744. The fraction of sp³-hybridized carbons (Fsp3) is 0.208. The maximum Gasteiger partial charge on any atom is 0.251 e. The van der Waals surface area contributed by atoms with E-state index in [2.05, 4.69) is 11.1 Å². The van der Waals surface area contributed by atoms with E-state index >= 15 is 0 Å². The molecule has 0 aliphatic rings. The average molecular weight is 367 g/mol. The number of hydrogen-bond acceptors (Lipinski definition) is 3. The summed E-state index contributed by atoms with van der Waals surface area (Å²) in [7, 11) is 0. The first-order valence-electron chi connectivity index (χ1n) is 9.22. The molecule has 1 atom stereocenters. The second kappa shape index (κ2) is 7.94. The third-order valence-electron chi connectivity index (χ3n) is 5.05. The number of benzene rings is 2. The standard InChI is InChI=1S/C24H21N3O/c1-3-19-13-20-9-10-21(14-22(20)27-23(19)28)24(2,16-26)15-18-7-4-6-17(12-18)8-5-11-25/h4-10,12-14H,3,15H2,1-2H3,(H,27,28)/b8-5+. The van der Waals surface area contributed by atoms with Crippen molar-refractivity contribution < 1.29 is 0 Å². The third kappa shape index (κ3) is 3.87. The molecule has 0 fully saturated rings. The smallest absolute Gasteiger partial charge is 0.251 e. The molecule has 28 heavy (non-hydrogen) atoms. The van der Waals surface area contributed by atoms with Crippen LogP contribution in [-0.4, -0.2) is 4.98 Å². The number of nitrogens with one attached hydrogen (secondary N) is 1. The van der Waals surface area contributed by atoms with Crippen LogP contribution in [0.1, 0.15) is 36.1 Å². The molecule has 1 unspecified atom stereocenters. The second-order valence-electron chi connectivity index (χ2n) is 7.11. The molecule has 0 radical (unpaired) electrons. The van der Waals surface area contributed by atoms with Gasteiger partial charge >= 0.3 is 0 Å². The predicted octanol–water partition coefficient (Wildman–Crippen LogP) is 4.65.